The van der Waals surface area contributed by atoms with E-state index in [1.807, 2.05) is 12.1 Å². The summed E-state index contributed by atoms with van der Waals surface area (Å²) in [7, 11) is 0. The summed E-state index contributed by atoms with van der Waals surface area (Å²) in [5, 5.41) is 6.31. The molecule has 1 amide bonds. The molecule has 0 bridgehead atoms. The van der Waals surface area contributed by atoms with Gasteiger partial charge in [0.1, 0.15) is 13.2 Å². The zero-order valence-electron chi connectivity index (χ0n) is 11.2. The summed E-state index contributed by atoms with van der Waals surface area (Å²) in [4.78, 5) is 12.2. The van der Waals surface area contributed by atoms with E-state index in [2.05, 4.69) is 10.6 Å². The van der Waals surface area contributed by atoms with Gasteiger partial charge in [0.05, 0.1) is 5.56 Å². The molecule has 1 fully saturated rings. The SMILES string of the molecule is Cl.O=C(NCC1CCCN1)c1cccc2c1OCCO2. The first kappa shape index (κ1) is 14.9. The van der Waals surface area contributed by atoms with E-state index in [4.69, 9.17) is 9.47 Å². The van der Waals surface area contributed by atoms with E-state index < -0.39 is 0 Å². The van der Waals surface area contributed by atoms with Crippen molar-refractivity contribution >= 4 is 18.3 Å². The molecule has 6 heteroatoms. The fourth-order valence-electron chi connectivity index (χ4n) is 2.49. The van der Waals surface area contributed by atoms with Gasteiger partial charge in [-0.25, -0.2) is 0 Å². The van der Waals surface area contributed by atoms with Crippen LogP contribution in [0, 0.1) is 0 Å². The summed E-state index contributed by atoms with van der Waals surface area (Å²) in [5.41, 5.74) is 0.551. The minimum atomic E-state index is -0.101. The number of halogens is 1. The average Bonchev–Trinajstić information content (AvgIpc) is 2.97. The third-order valence-electron chi connectivity index (χ3n) is 3.48. The molecular weight excluding hydrogens is 280 g/mol. The lowest BCUT2D eigenvalue weighted by molar-refractivity contribution is 0.0939. The topological polar surface area (TPSA) is 59.6 Å². The van der Waals surface area contributed by atoms with Gasteiger partial charge in [-0.1, -0.05) is 6.07 Å². The fraction of sp³-hybridized carbons (Fsp3) is 0.500. The Labute approximate surface area is 124 Å². The summed E-state index contributed by atoms with van der Waals surface area (Å²) in [6.45, 7) is 2.72. The lowest BCUT2D eigenvalue weighted by Crippen LogP contribution is -2.37. The van der Waals surface area contributed by atoms with Crippen molar-refractivity contribution in [3.8, 4) is 11.5 Å². The Kier molecular flexibility index (Phi) is 5.09. The molecule has 0 aliphatic carbocycles. The molecule has 1 unspecified atom stereocenters. The maximum absolute atomic E-state index is 12.2. The van der Waals surface area contributed by atoms with Crippen LogP contribution in [-0.2, 0) is 0 Å². The number of carbonyl (C=O) groups is 1. The molecule has 110 valence electrons. The van der Waals surface area contributed by atoms with Gasteiger partial charge in [0.2, 0.25) is 0 Å². The van der Waals surface area contributed by atoms with E-state index in [0.717, 1.165) is 13.0 Å². The first-order chi connectivity index (χ1) is 9.34. The number of fused-ring (bicyclic) bond motifs is 1. The monoisotopic (exact) mass is 298 g/mol. The van der Waals surface area contributed by atoms with Gasteiger partial charge in [-0.3, -0.25) is 4.79 Å². The van der Waals surface area contributed by atoms with E-state index in [1.165, 1.54) is 6.42 Å². The molecule has 1 aromatic rings. The molecule has 0 radical (unpaired) electrons. The van der Waals surface area contributed by atoms with Gasteiger partial charge < -0.3 is 20.1 Å². The molecule has 2 N–H and O–H groups in total. The van der Waals surface area contributed by atoms with E-state index in [-0.39, 0.29) is 18.3 Å². The minimum absolute atomic E-state index is 0. The molecule has 3 rings (SSSR count). The number of hydrogen-bond acceptors (Lipinski definition) is 4. The Morgan fingerprint density at radius 2 is 2.20 bits per heavy atom. The fourth-order valence-corrected chi connectivity index (χ4v) is 2.49. The van der Waals surface area contributed by atoms with Crippen LogP contribution in [0.25, 0.3) is 0 Å². The first-order valence-corrected chi connectivity index (χ1v) is 6.75. The number of carbonyl (C=O) groups excluding carboxylic acids is 1. The molecule has 2 aliphatic rings. The number of rotatable bonds is 3. The molecule has 1 saturated heterocycles. The molecule has 0 spiro atoms. The summed E-state index contributed by atoms with van der Waals surface area (Å²) < 4.78 is 11.0. The number of nitrogens with one attached hydrogen (secondary N) is 2. The van der Waals surface area contributed by atoms with Crippen LogP contribution in [-0.4, -0.2) is 38.3 Å². The minimum Gasteiger partial charge on any atom is -0.486 e. The van der Waals surface area contributed by atoms with E-state index >= 15 is 0 Å². The van der Waals surface area contributed by atoms with E-state index in [9.17, 15) is 4.79 Å². The largest absolute Gasteiger partial charge is 0.486 e. The van der Waals surface area contributed by atoms with Crippen molar-refractivity contribution in [3.05, 3.63) is 23.8 Å². The van der Waals surface area contributed by atoms with Crippen LogP contribution in [0.3, 0.4) is 0 Å². The van der Waals surface area contributed by atoms with Gasteiger partial charge in [-0.05, 0) is 31.5 Å². The van der Waals surface area contributed by atoms with E-state index in [1.54, 1.807) is 6.07 Å². The van der Waals surface area contributed by atoms with Crippen LogP contribution in [0.5, 0.6) is 11.5 Å². The Hall–Kier alpha value is -1.46. The molecular formula is C14H19ClN2O3. The second-order valence-corrected chi connectivity index (χ2v) is 4.83. The maximum Gasteiger partial charge on any atom is 0.255 e. The van der Waals surface area contributed by atoms with Crippen molar-refractivity contribution in [2.75, 3.05) is 26.3 Å². The number of benzene rings is 1. The number of para-hydroxylation sites is 1. The van der Waals surface area contributed by atoms with Crippen molar-refractivity contribution < 1.29 is 14.3 Å². The number of ether oxygens (including phenoxy) is 2. The Balaban J connectivity index is 0.00000147. The lowest BCUT2D eigenvalue weighted by Gasteiger charge is -2.21. The van der Waals surface area contributed by atoms with Crippen LogP contribution < -0.4 is 20.1 Å². The van der Waals surface area contributed by atoms with Crippen molar-refractivity contribution in [3.63, 3.8) is 0 Å². The van der Waals surface area contributed by atoms with Gasteiger partial charge in [0.15, 0.2) is 11.5 Å². The average molecular weight is 299 g/mol. The van der Waals surface area contributed by atoms with Gasteiger partial charge >= 0.3 is 0 Å². The van der Waals surface area contributed by atoms with Crippen LogP contribution in [0.4, 0.5) is 0 Å². The smallest absolute Gasteiger partial charge is 0.255 e. The Morgan fingerprint density at radius 1 is 1.35 bits per heavy atom. The van der Waals surface area contributed by atoms with Gasteiger partial charge in [0, 0.05) is 12.6 Å². The predicted octanol–water partition coefficient (Wildman–Crippen LogP) is 1.36. The maximum atomic E-state index is 12.2. The summed E-state index contributed by atoms with van der Waals surface area (Å²) >= 11 is 0. The summed E-state index contributed by atoms with van der Waals surface area (Å²) in [6, 6.07) is 5.80. The highest BCUT2D eigenvalue weighted by Gasteiger charge is 2.21. The standard InChI is InChI=1S/C14H18N2O3.ClH/c17-14(16-9-10-3-2-6-15-10)11-4-1-5-12-13(11)19-8-7-18-12;/h1,4-5,10,15H,2-3,6-9H2,(H,16,17);1H. The molecule has 2 heterocycles. The zero-order valence-corrected chi connectivity index (χ0v) is 12.0. The first-order valence-electron chi connectivity index (χ1n) is 6.75. The third kappa shape index (κ3) is 3.16. The second kappa shape index (κ2) is 6.81. The highest BCUT2D eigenvalue weighted by Crippen LogP contribution is 2.33. The molecule has 1 aromatic carbocycles. The Bertz CT molecular complexity index is 475. The van der Waals surface area contributed by atoms with Crippen molar-refractivity contribution in [2.24, 2.45) is 0 Å². The van der Waals surface area contributed by atoms with Gasteiger partial charge in [-0.2, -0.15) is 0 Å². The Morgan fingerprint density at radius 3 is 3.00 bits per heavy atom. The zero-order chi connectivity index (χ0) is 13.1. The highest BCUT2D eigenvalue weighted by atomic mass is 35.5. The van der Waals surface area contributed by atoms with Gasteiger partial charge in [0.25, 0.3) is 5.91 Å². The summed E-state index contributed by atoms with van der Waals surface area (Å²) in [5.74, 6) is 1.11. The van der Waals surface area contributed by atoms with E-state index in [0.29, 0.717) is 42.9 Å². The predicted molar refractivity (Wildman–Crippen MR) is 78.0 cm³/mol. The summed E-state index contributed by atoms with van der Waals surface area (Å²) in [6.07, 6.45) is 2.30. The molecule has 0 saturated carbocycles. The second-order valence-electron chi connectivity index (χ2n) is 4.83. The molecule has 20 heavy (non-hydrogen) atoms. The number of amides is 1. The van der Waals surface area contributed by atoms with Crippen LogP contribution in [0.1, 0.15) is 23.2 Å². The van der Waals surface area contributed by atoms with Crippen LogP contribution >= 0.6 is 12.4 Å². The highest BCUT2D eigenvalue weighted by molar-refractivity contribution is 5.97. The lowest BCUT2D eigenvalue weighted by atomic mass is 10.1. The third-order valence-corrected chi connectivity index (χ3v) is 3.48. The van der Waals surface area contributed by atoms with Crippen molar-refractivity contribution in [2.45, 2.75) is 18.9 Å². The quantitative estimate of drug-likeness (QED) is 0.885. The van der Waals surface area contributed by atoms with Gasteiger partial charge in [-0.15, -0.1) is 12.4 Å². The van der Waals surface area contributed by atoms with Crippen molar-refractivity contribution in [1.82, 2.24) is 10.6 Å². The van der Waals surface area contributed by atoms with Crippen LogP contribution in [0.15, 0.2) is 18.2 Å². The number of hydrogen-bond donors (Lipinski definition) is 2. The molecule has 2 aliphatic heterocycles. The molecule has 5 nitrogen and oxygen atoms in total. The molecule has 0 aromatic heterocycles. The van der Waals surface area contributed by atoms with Crippen LogP contribution in [0.2, 0.25) is 0 Å². The normalized spacial score (nSPS) is 20.1. The molecule has 1 atom stereocenters. The van der Waals surface area contributed by atoms with Crippen molar-refractivity contribution in [1.29, 1.82) is 0 Å².